The Hall–Kier alpha value is -1.77. The zero-order valence-corrected chi connectivity index (χ0v) is 7.30. The van der Waals surface area contributed by atoms with Crippen LogP contribution in [0.2, 0.25) is 5.02 Å². The van der Waals surface area contributed by atoms with E-state index >= 15 is 0 Å². The molecule has 0 heterocycles. The van der Waals surface area contributed by atoms with E-state index in [0.29, 0.717) is 22.4 Å². The number of hydrogen-bond acceptors (Lipinski definition) is 2. The molecule has 13 heavy (non-hydrogen) atoms. The highest BCUT2D eigenvalue weighted by atomic mass is 35.5. The lowest BCUT2D eigenvalue weighted by molar-refractivity contribution is 0.112. The van der Waals surface area contributed by atoms with Crippen molar-refractivity contribution in [3.63, 3.8) is 0 Å². The average molecular weight is 190 g/mol. The van der Waals surface area contributed by atoms with Gasteiger partial charge in [0.15, 0.2) is 12.4 Å². The smallest absolute Gasteiger partial charge is 0.152 e. The van der Waals surface area contributed by atoms with Gasteiger partial charge in [0.05, 0.1) is 5.02 Å². The number of hydrogen-bond donors (Lipinski definition) is 0. The molecular weight excluding hydrogens is 186 g/mol. The van der Waals surface area contributed by atoms with Crippen molar-refractivity contribution >= 4 is 17.9 Å². The van der Waals surface area contributed by atoms with Crippen LogP contribution >= 0.6 is 11.6 Å². The highest BCUT2D eigenvalue weighted by molar-refractivity contribution is 6.33. The summed E-state index contributed by atoms with van der Waals surface area (Å²) in [4.78, 5) is 10.6. The van der Waals surface area contributed by atoms with Crippen molar-refractivity contribution in [3.05, 3.63) is 34.3 Å². The van der Waals surface area contributed by atoms with Gasteiger partial charge in [-0.05, 0) is 18.1 Å². The SMILES string of the molecule is N#CC#Cc1cccc(Cl)c1C=O. The summed E-state index contributed by atoms with van der Waals surface area (Å²) in [6.45, 7) is 0. The van der Waals surface area contributed by atoms with Gasteiger partial charge in [0, 0.05) is 17.0 Å². The van der Waals surface area contributed by atoms with E-state index in [1.807, 2.05) is 0 Å². The molecule has 62 valence electrons. The summed E-state index contributed by atoms with van der Waals surface area (Å²) >= 11 is 5.73. The van der Waals surface area contributed by atoms with E-state index in [9.17, 15) is 4.79 Å². The van der Waals surface area contributed by atoms with Crippen molar-refractivity contribution in [1.29, 1.82) is 5.26 Å². The van der Waals surface area contributed by atoms with Gasteiger partial charge in [-0.2, -0.15) is 5.26 Å². The van der Waals surface area contributed by atoms with Crippen molar-refractivity contribution < 1.29 is 4.79 Å². The zero-order valence-electron chi connectivity index (χ0n) is 6.54. The molecule has 0 amide bonds. The molecule has 1 rings (SSSR count). The summed E-state index contributed by atoms with van der Waals surface area (Å²) < 4.78 is 0. The summed E-state index contributed by atoms with van der Waals surface area (Å²) in [5.41, 5.74) is 0.802. The summed E-state index contributed by atoms with van der Waals surface area (Å²) in [5.74, 6) is 4.73. The highest BCUT2D eigenvalue weighted by Gasteiger charge is 2.02. The quantitative estimate of drug-likeness (QED) is 0.501. The summed E-state index contributed by atoms with van der Waals surface area (Å²) in [6.07, 6.45) is 0.629. The number of halogens is 1. The van der Waals surface area contributed by atoms with Gasteiger partial charge in [0.25, 0.3) is 0 Å². The Balaban J connectivity index is 3.30. The van der Waals surface area contributed by atoms with Crippen LogP contribution in [0.15, 0.2) is 18.2 Å². The van der Waals surface area contributed by atoms with Crippen LogP contribution in [-0.2, 0) is 0 Å². The Morgan fingerprint density at radius 1 is 1.46 bits per heavy atom. The molecule has 0 aliphatic carbocycles. The molecular formula is C10H4ClNO. The van der Waals surface area contributed by atoms with Crippen molar-refractivity contribution in [2.24, 2.45) is 0 Å². The minimum absolute atomic E-state index is 0.326. The number of nitriles is 1. The monoisotopic (exact) mass is 189 g/mol. The number of aldehydes is 1. The van der Waals surface area contributed by atoms with Crippen LogP contribution < -0.4 is 0 Å². The molecule has 0 saturated carbocycles. The van der Waals surface area contributed by atoms with Crippen LogP contribution in [0.25, 0.3) is 0 Å². The Morgan fingerprint density at radius 3 is 2.85 bits per heavy atom. The van der Waals surface area contributed by atoms with Crippen LogP contribution in [0.5, 0.6) is 0 Å². The third kappa shape index (κ3) is 2.08. The van der Waals surface area contributed by atoms with Gasteiger partial charge in [-0.1, -0.05) is 17.7 Å². The maximum absolute atomic E-state index is 10.6. The number of benzene rings is 1. The van der Waals surface area contributed by atoms with Crippen LogP contribution in [-0.4, -0.2) is 6.29 Å². The fraction of sp³-hybridized carbons (Fsp3) is 0. The fourth-order valence-corrected chi connectivity index (χ4v) is 1.08. The van der Waals surface area contributed by atoms with E-state index < -0.39 is 0 Å². The molecule has 1 aromatic carbocycles. The maximum Gasteiger partial charge on any atom is 0.152 e. The first kappa shape index (κ1) is 9.32. The number of nitrogens with zero attached hydrogens (tertiary/aromatic N) is 1. The van der Waals surface area contributed by atoms with E-state index in [0.717, 1.165) is 0 Å². The van der Waals surface area contributed by atoms with Crippen molar-refractivity contribution in [3.8, 4) is 17.9 Å². The molecule has 0 bridgehead atoms. The lowest BCUT2D eigenvalue weighted by Crippen LogP contribution is -1.87. The van der Waals surface area contributed by atoms with E-state index in [1.54, 1.807) is 24.3 Å². The molecule has 0 aromatic heterocycles. The van der Waals surface area contributed by atoms with Gasteiger partial charge < -0.3 is 0 Å². The highest BCUT2D eigenvalue weighted by Crippen LogP contribution is 2.16. The normalized spacial score (nSPS) is 8.00. The molecule has 2 nitrogen and oxygen atoms in total. The number of carbonyl (C=O) groups excluding carboxylic acids is 1. The predicted molar refractivity (Wildman–Crippen MR) is 49.3 cm³/mol. The van der Waals surface area contributed by atoms with Crippen LogP contribution in [0.4, 0.5) is 0 Å². The van der Waals surface area contributed by atoms with Gasteiger partial charge in [0.2, 0.25) is 0 Å². The predicted octanol–water partition coefficient (Wildman–Crippen LogP) is 2.03. The van der Waals surface area contributed by atoms with E-state index in [1.165, 1.54) is 0 Å². The van der Waals surface area contributed by atoms with Gasteiger partial charge in [-0.15, -0.1) is 0 Å². The Bertz CT molecular complexity index is 434. The maximum atomic E-state index is 10.6. The summed E-state index contributed by atoms with van der Waals surface area (Å²) in [7, 11) is 0. The molecule has 0 fully saturated rings. The van der Waals surface area contributed by atoms with Crippen LogP contribution in [0, 0.1) is 23.2 Å². The van der Waals surface area contributed by atoms with Gasteiger partial charge in [-0.3, -0.25) is 4.79 Å². The lowest BCUT2D eigenvalue weighted by atomic mass is 10.1. The molecule has 0 N–H and O–H groups in total. The molecule has 0 spiro atoms. The molecule has 1 aromatic rings. The first-order valence-corrected chi connectivity index (χ1v) is 3.81. The topological polar surface area (TPSA) is 40.9 Å². The van der Waals surface area contributed by atoms with Crippen LogP contribution in [0.3, 0.4) is 0 Å². The van der Waals surface area contributed by atoms with Crippen molar-refractivity contribution in [2.45, 2.75) is 0 Å². The second kappa shape index (κ2) is 4.30. The lowest BCUT2D eigenvalue weighted by Gasteiger charge is -1.97. The second-order valence-corrected chi connectivity index (χ2v) is 2.59. The summed E-state index contributed by atoms with van der Waals surface area (Å²) in [5, 5.41) is 8.56. The second-order valence-electron chi connectivity index (χ2n) is 2.18. The minimum atomic E-state index is 0.326. The van der Waals surface area contributed by atoms with E-state index in [4.69, 9.17) is 16.9 Å². The number of carbonyl (C=O) groups is 1. The molecule has 0 radical (unpaired) electrons. The molecule has 0 unspecified atom stereocenters. The standard InChI is InChI=1S/C10H4ClNO/c11-10-5-1-3-8(4-2-6-12)9(10)7-13/h1,3,5,7H. The van der Waals surface area contributed by atoms with E-state index in [2.05, 4.69) is 11.8 Å². The van der Waals surface area contributed by atoms with Gasteiger partial charge in [0.1, 0.15) is 0 Å². The van der Waals surface area contributed by atoms with Gasteiger partial charge in [-0.25, -0.2) is 0 Å². The third-order valence-electron chi connectivity index (χ3n) is 1.42. The third-order valence-corrected chi connectivity index (χ3v) is 1.75. The van der Waals surface area contributed by atoms with Crippen molar-refractivity contribution in [1.82, 2.24) is 0 Å². The Labute approximate surface area is 80.7 Å². The number of rotatable bonds is 1. The minimum Gasteiger partial charge on any atom is -0.298 e. The average Bonchev–Trinajstić information content (AvgIpc) is 2.15. The summed E-state index contributed by atoms with van der Waals surface area (Å²) in [6, 6.07) is 6.58. The van der Waals surface area contributed by atoms with E-state index in [-0.39, 0.29) is 0 Å². The van der Waals surface area contributed by atoms with Crippen molar-refractivity contribution in [2.75, 3.05) is 0 Å². The molecule has 3 heteroatoms. The molecule has 0 aliphatic heterocycles. The first-order valence-electron chi connectivity index (χ1n) is 3.43. The zero-order chi connectivity index (χ0) is 9.68. The van der Waals surface area contributed by atoms with Crippen LogP contribution in [0.1, 0.15) is 15.9 Å². The largest absolute Gasteiger partial charge is 0.298 e. The molecule has 0 saturated heterocycles. The molecule has 0 atom stereocenters. The Morgan fingerprint density at radius 2 is 2.23 bits per heavy atom. The van der Waals surface area contributed by atoms with Gasteiger partial charge >= 0.3 is 0 Å². The first-order chi connectivity index (χ1) is 6.29. The fourth-order valence-electron chi connectivity index (χ4n) is 0.861. The Kier molecular flexibility index (Phi) is 3.09. The molecule has 0 aliphatic rings.